The molecular weight excluding hydrogens is 248 g/mol. The largest absolute Gasteiger partial charge is 0.441 e. The summed E-state index contributed by atoms with van der Waals surface area (Å²) in [6, 6.07) is 6.89. The molecule has 0 aliphatic heterocycles. The Morgan fingerprint density at radius 1 is 1.25 bits per heavy atom. The van der Waals surface area contributed by atoms with E-state index >= 15 is 0 Å². The maximum atomic E-state index is 5.67. The number of nitrogens with zero attached hydrogens (tertiary/aromatic N) is 1. The summed E-state index contributed by atoms with van der Waals surface area (Å²) in [5.74, 6) is 1.63. The first-order valence-corrected chi connectivity index (χ1v) is 7.96. The van der Waals surface area contributed by atoms with Gasteiger partial charge in [-0.15, -0.1) is 0 Å². The van der Waals surface area contributed by atoms with E-state index in [2.05, 4.69) is 36.3 Å². The highest BCUT2D eigenvalue weighted by Gasteiger charge is 2.23. The molecule has 20 heavy (non-hydrogen) atoms. The Kier molecular flexibility index (Phi) is 3.95. The van der Waals surface area contributed by atoms with Gasteiger partial charge in [0.05, 0.1) is 0 Å². The molecule has 1 aromatic heterocycles. The number of hydrogen-bond acceptors (Lipinski definition) is 3. The number of fused-ring (bicyclic) bond motifs is 1. The number of oxazole rings is 1. The van der Waals surface area contributed by atoms with Gasteiger partial charge in [-0.1, -0.05) is 33.1 Å². The summed E-state index contributed by atoms with van der Waals surface area (Å²) in [5, 5.41) is 3.72. The Hall–Kier alpha value is -1.51. The lowest BCUT2D eigenvalue weighted by molar-refractivity contribution is 0.317. The van der Waals surface area contributed by atoms with Crippen molar-refractivity contribution in [1.29, 1.82) is 0 Å². The fraction of sp³-hybridized carbons (Fsp3) is 0.588. The Labute approximate surface area is 120 Å². The smallest absolute Gasteiger partial charge is 0.195 e. The zero-order chi connectivity index (χ0) is 13.9. The molecule has 2 atom stereocenters. The van der Waals surface area contributed by atoms with Crippen LogP contribution in [-0.4, -0.2) is 11.0 Å². The molecule has 2 unspecified atom stereocenters. The Bertz CT molecular complexity index is 575. The molecule has 0 bridgehead atoms. The van der Waals surface area contributed by atoms with Gasteiger partial charge in [0.25, 0.3) is 0 Å². The van der Waals surface area contributed by atoms with Crippen LogP contribution in [0.5, 0.6) is 0 Å². The molecule has 0 saturated heterocycles. The first-order chi connectivity index (χ1) is 9.80. The predicted octanol–water partition coefficient (Wildman–Crippen LogP) is 4.77. The zero-order valence-electron chi connectivity index (χ0n) is 12.5. The maximum Gasteiger partial charge on any atom is 0.195 e. The molecule has 1 N–H and O–H groups in total. The number of aryl methyl sites for hydroxylation is 1. The lowest BCUT2D eigenvalue weighted by Gasteiger charge is -2.32. The van der Waals surface area contributed by atoms with E-state index in [9.17, 15) is 0 Å². The quantitative estimate of drug-likeness (QED) is 0.871. The second kappa shape index (κ2) is 5.86. The van der Waals surface area contributed by atoms with Gasteiger partial charge in [0, 0.05) is 18.2 Å². The van der Waals surface area contributed by atoms with E-state index in [0.717, 1.165) is 29.3 Å². The van der Waals surface area contributed by atoms with Crippen molar-refractivity contribution in [2.75, 3.05) is 5.32 Å². The topological polar surface area (TPSA) is 38.1 Å². The number of rotatable bonds is 4. The highest BCUT2D eigenvalue weighted by molar-refractivity contribution is 5.77. The minimum atomic E-state index is 0.615. The Balaban J connectivity index is 1.79. The van der Waals surface area contributed by atoms with Crippen molar-refractivity contribution in [2.45, 2.75) is 58.4 Å². The molecule has 3 nitrogen and oxygen atoms in total. The van der Waals surface area contributed by atoms with Crippen molar-refractivity contribution in [3.63, 3.8) is 0 Å². The summed E-state index contributed by atoms with van der Waals surface area (Å²) in [5.41, 5.74) is 3.04. The van der Waals surface area contributed by atoms with Crippen LogP contribution in [-0.2, 0) is 6.42 Å². The van der Waals surface area contributed by atoms with Gasteiger partial charge in [-0.3, -0.25) is 0 Å². The standard InChI is InChI=1S/C17H24N2O/c1-3-12-7-5-6-8-14(12)18-13-9-10-16-15(11-13)19-17(4-2)20-16/h9-12,14,18H,3-8H2,1-2H3. The van der Waals surface area contributed by atoms with Crippen LogP contribution in [0, 0.1) is 5.92 Å². The van der Waals surface area contributed by atoms with E-state index in [-0.39, 0.29) is 0 Å². The van der Waals surface area contributed by atoms with Gasteiger partial charge < -0.3 is 9.73 Å². The predicted molar refractivity (Wildman–Crippen MR) is 83.0 cm³/mol. The molecule has 1 aromatic carbocycles. The summed E-state index contributed by atoms with van der Waals surface area (Å²) in [7, 11) is 0. The maximum absolute atomic E-state index is 5.67. The molecule has 1 saturated carbocycles. The molecule has 1 aliphatic rings. The number of benzene rings is 1. The van der Waals surface area contributed by atoms with Crippen LogP contribution in [0.2, 0.25) is 0 Å². The molecule has 1 fully saturated rings. The second-order valence-electron chi connectivity index (χ2n) is 5.85. The van der Waals surface area contributed by atoms with Gasteiger partial charge in [0.1, 0.15) is 5.52 Å². The summed E-state index contributed by atoms with van der Waals surface area (Å²) < 4.78 is 5.67. The molecular formula is C17H24N2O. The molecule has 2 aromatic rings. The van der Waals surface area contributed by atoms with Crippen molar-refractivity contribution in [2.24, 2.45) is 5.92 Å². The van der Waals surface area contributed by atoms with Crippen LogP contribution in [0.3, 0.4) is 0 Å². The fourth-order valence-corrected chi connectivity index (χ4v) is 3.32. The fourth-order valence-electron chi connectivity index (χ4n) is 3.32. The summed E-state index contributed by atoms with van der Waals surface area (Å²) in [4.78, 5) is 4.52. The van der Waals surface area contributed by atoms with E-state index in [0.29, 0.717) is 6.04 Å². The van der Waals surface area contributed by atoms with E-state index in [1.54, 1.807) is 0 Å². The van der Waals surface area contributed by atoms with Crippen LogP contribution >= 0.6 is 0 Å². The van der Waals surface area contributed by atoms with Gasteiger partial charge in [0.15, 0.2) is 11.5 Å². The third-order valence-electron chi connectivity index (χ3n) is 4.52. The van der Waals surface area contributed by atoms with Crippen molar-refractivity contribution >= 4 is 16.8 Å². The van der Waals surface area contributed by atoms with Crippen LogP contribution in [0.25, 0.3) is 11.1 Å². The lowest BCUT2D eigenvalue weighted by atomic mass is 9.83. The Morgan fingerprint density at radius 2 is 2.10 bits per heavy atom. The number of hydrogen-bond donors (Lipinski definition) is 1. The molecule has 0 amide bonds. The van der Waals surface area contributed by atoms with E-state index in [1.165, 1.54) is 37.8 Å². The first kappa shape index (κ1) is 13.5. The lowest BCUT2D eigenvalue weighted by Crippen LogP contribution is -2.31. The number of nitrogens with one attached hydrogen (secondary N) is 1. The van der Waals surface area contributed by atoms with Crippen LogP contribution in [0.1, 0.15) is 51.8 Å². The van der Waals surface area contributed by atoms with Crippen molar-refractivity contribution in [1.82, 2.24) is 4.98 Å². The van der Waals surface area contributed by atoms with E-state index < -0.39 is 0 Å². The average Bonchev–Trinajstić information content (AvgIpc) is 2.90. The van der Waals surface area contributed by atoms with Gasteiger partial charge in [-0.05, 0) is 37.0 Å². The average molecular weight is 272 g/mol. The van der Waals surface area contributed by atoms with Crippen molar-refractivity contribution < 1.29 is 4.42 Å². The summed E-state index contributed by atoms with van der Waals surface area (Å²) >= 11 is 0. The molecule has 1 aliphatic carbocycles. The van der Waals surface area contributed by atoms with E-state index in [4.69, 9.17) is 4.42 Å². The Morgan fingerprint density at radius 3 is 2.90 bits per heavy atom. The van der Waals surface area contributed by atoms with Crippen LogP contribution in [0.4, 0.5) is 5.69 Å². The highest BCUT2D eigenvalue weighted by atomic mass is 16.3. The molecule has 0 spiro atoms. The van der Waals surface area contributed by atoms with Crippen LogP contribution < -0.4 is 5.32 Å². The molecule has 1 heterocycles. The van der Waals surface area contributed by atoms with Crippen molar-refractivity contribution in [3.8, 4) is 0 Å². The summed E-state index contributed by atoms with van der Waals surface area (Å²) in [6.07, 6.45) is 7.50. The first-order valence-electron chi connectivity index (χ1n) is 7.96. The van der Waals surface area contributed by atoms with Gasteiger partial charge in [-0.25, -0.2) is 4.98 Å². The molecule has 0 radical (unpaired) electrons. The third kappa shape index (κ3) is 2.67. The van der Waals surface area contributed by atoms with Crippen LogP contribution in [0.15, 0.2) is 22.6 Å². The van der Waals surface area contributed by atoms with Gasteiger partial charge >= 0.3 is 0 Å². The second-order valence-corrected chi connectivity index (χ2v) is 5.85. The molecule has 3 heteroatoms. The van der Waals surface area contributed by atoms with Crippen molar-refractivity contribution in [3.05, 3.63) is 24.1 Å². The zero-order valence-corrected chi connectivity index (χ0v) is 12.5. The minimum Gasteiger partial charge on any atom is -0.441 e. The molecule has 3 rings (SSSR count). The number of anilines is 1. The van der Waals surface area contributed by atoms with E-state index in [1.807, 2.05) is 6.07 Å². The number of aromatic nitrogens is 1. The third-order valence-corrected chi connectivity index (χ3v) is 4.52. The van der Waals surface area contributed by atoms with Gasteiger partial charge in [0.2, 0.25) is 0 Å². The minimum absolute atomic E-state index is 0.615. The summed E-state index contributed by atoms with van der Waals surface area (Å²) in [6.45, 7) is 4.37. The van der Waals surface area contributed by atoms with Gasteiger partial charge in [-0.2, -0.15) is 0 Å². The normalized spacial score (nSPS) is 23.1. The SMILES string of the molecule is CCc1nc2cc(NC3CCCCC3CC)ccc2o1. The highest BCUT2D eigenvalue weighted by Crippen LogP contribution is 2.30. The monoisotopic (exact) mass is 272 g/mol. The molecule has 108 valence electrons.